The maximum absolute atomic E-state index is 12.5. The third-order valence-corrected chi connectivity index (χ3v) is 5.07. The van der Waals surface area contributed by atoms with Crippen molar-refractivity contribution in [2.45, 2.75) is 9.96 Å². The molecule has 0 unspecified atom stereocenters. The number of esters is 1. The summed E-state index contributed by atoms with van der Waals surface area (Å²) in [6.07, 6.45) is -1.10. The van der Waals surface area contributed by atoms with Crippen LogP contribution < -0.4 is 16.0 Å². The Morgan fingerprint density at radius 2 is 1.72 bits per heavy atom. The van der Waals surface area contributed by atoms with E-state index in [0.717, 1.165) is 3.57 Å². The topological polar surface area (TPSA) is 79.5 Å². The van der Waals surface area contributed by atoms with Gasteiger partial charge in [-0.25, -0.2) is 4.79 Å². The third-order valence-electron chi connectivity index (χ3n) is 3.53. The third kappa shape index (κ3) is 7.45. The predicted molar refractivity (Wildman–Crippen MR) is 128 cm³/mol. The number of anilines is 1. The minimum atomic E-state index is -1.88. The maximum atomic E-state index is 12.5. The van der Waals surface area contributed by atoms with E-state index in [1.165, 1.54) is 7.11 Å². The number of benzene rings is 2. The van der Waals surface area contributed by atoms with Crippen molar-refractivity contribution in [1.29, 1.82) is 0 Å². The number of rotatable bonds is 5. The van der Waals surface area contributed by atoms with Gasteiger partial charge in [-0.15, -0.1) is 0 Å². The number of methoxy groups -OCH3 is 1. The molecule has 0 aliphatic carbocycles. The van der Waals surface area contributed by atoms with Gasteiger partial charge in [-0.2, -0.15) is 0 Å². The second kappa shape index (κ2) is 10.6. The molecule has 2 aromatic carbocycles. The van der Waals surface area contributed by atoms with E-state index >= 15 is 0 Å². The summed E-state index contributed by atoms with van der Waals surface area (Å²) in [5.41, 5.74) is 1.39. The standard InChI is InChI=1S/C18H15Cl3IN3O3S/c1-28-15(27)10-5-7-13(8-6-10)23-17(29)25-16(18(19,20)21)24-14(26)11-3-2-4-12(22)9-11/h2-9,16H,1H3,(H,24,26)(H2,23,25,29)/t16-/m1/s1. The number of alkyl halides is 3. The van der Waals surface area contributed by atoms with Gasteiger partial charge in [0.15, 0.2) is 5.11 Å². The van der Waals surface area contributed by atoms with Crippen molar-refractivity contribution in [3.8, 4) is 0 Å². The molecule has 0 aliphatic heterocycles. The van der Waals surface area contributed by atoms with Gasteiger partial charge in [-0.3, -0.25) is 4.79 Å². The van der Waals surface area contributed by atoms with Crippen LogP contribution in [0.25, 0.3) is 0 Å². The molecule has 0 spiro atoms. The first-order valence-corrected chi connectivity index (χ1v) is 10.6. The van der Waals surface area contributed by atoms with Crippen LogP contribution in [0.1, 0.15) is 20.7 Å². The highest BCUT2D eigenvalue weighted by Crippen LogP contribution is 2.29. The minimum Gasteiger partial charge on any atom is -0.465 e. The fraction of sp³-hybridized carbons (Fsp3) is 0.167. The summed E-state index contributed by atoms with van der Waals surface area (Å²) in [6.45, 7) is 0. The quantitative estimate of drug-likeness (QED) is 0.158. The molecule has 11 heteroatoms. The van der Waals surface area contributed by atoms with Crippen molar-refractivity contribution in [2.24, 2.45) is 0 Å². The molecule has 154 valence electrons. The Morgan fingerprint density at radius 1 is 1.07 bits per heavy atom. The normalized spacial score (nSPS) is 11.9. The molecule has 1 atom stereocenters. The Hall–Kier alpha value is -1.33. The average Bonchev–Trinajstić information content (AvgIpc) is 2.66. The smallest absolute Gasteiger partial charge is 0.337 e. The number of ether oxygens (including phenoxy) is 1. The van der Waals surface area contributed by atoms with Gasteiger partial charge in [0.25, 0.3) is 5.91 Å². The lowest BCUT2D eigenvalue weighted by Crippen LogP contribution is -2.56. The summed E-state index contributed by atoms with van der Waals surface area (Å²) in [4.78, 5) is 24.0. The molecule has 3 N–H and O–H groups in total. The van der Waals surface area contributed by atoms with Crippen LogP contribution in [-0.4, -0.2) is 34.1 Å². The molecule has 0 radical (unpaired) electrons. The molecule has 2 rings (SSSR count). The zero-order chi connectivity index (χ0) is 21.6. The van der Waals surface area contributed by atoms with Crippen LogP contribution in [0, 0.1) is 3.57 Å². The van der Waals surface area contributed by atoms with Crippen LogP contribution in [0.15, 0.2) is 48.5 Å². The minimum absolute atomic E-state index is 0.107. The summed E-state index contributed by atoms with van der Waals surface area (Å²) in [5.74, 6) is -0.885. The van der Waals surface area contributed by atoms with E-state index < -0.39 is 21.8 Å². The Labute approximate surface area is 201 Å². The molecule has 0 saturated carbocycles. The van der Waals surface area contributed by atoms with E-state index in [1.807, 2.05) is 6.07 Å². The van der Waals surface area contributed by atoms with Gasteiger partial charge < -0.3 is 20.7 Å². The molecule has 0 heterocycles. The molecule has 0 saturated heterocycles. The second-order valence-electron chi connectivity index (χ2n) is 5.63. The lowest BCUT2D eigenvalue weighted by molar-refractivity contribution is 0.0600. The molecule has 0 fully saturated rings. The molecule has 2 aromatic rings. The van der Waals surface area contributed by atoms with Crippen molar-refractivity contribution in [1.82, 2.24) is 10.6 Å². The van der Waals surface area contributed by atoms with E-state index in [0.29, 0.717) is 16.8 Å². The van der Waals surface area contributed by atoms with E-state index in [1.54, 1.807) is 42.5 Å². The lowest BCUT2D eigenvalue weighted by Gasteiger charge is -2.27. The first-order valence-electron chi connectivity index (χ1n) is 7.99. The molecule has 1 amide bonds. The average molecular weight is 587 g/mol. The Kier molecular flexibility index (Phi) is 8.77. The van der Waals surface area contributed by atoms with Gasteiger partial charge in [0, 0.05) is 14.8 Å². The monoisotopic (exact) mass is 585 g/mol. The summed E-state index contributed by atoms with van der Waals surface area (Å²) in [7, 11) is 1.30. The van der Waals surface area contributed by atoms with Gasteiger partial charge in [0.05, 0.1) is 12.7 Å². The van der Waals surface area contributed by atoms with Crippen LogP contribution >= 0.6 is 69.6 Å². The highest BCUT2D eigenvalue weighted by molar-refractivity contribution is 14.1. The zero-order valence-corrected chi connectivity index (χ0v) is 20.1. The predicted octanol–water partition coefficient (Wildman–Crippen LogP) is 4.49. The van der Waals surface area contributed by atoms with Crippen LogP contribution in [0.3, 0.4) is 0 Å². The van der Waals surface area contributed by atoms with Crippen LogP contribution in [0.4, 0.5) is 5.69 Å². The molecular formula is C18H15Cl3IN3O3S. The number of hydrogen-bond donors (Lipinski definition) is 3. The first kappa shape index (κ1) is 23.9. The summed E-state index contributed by atoms with van der Waals surface area (Å²) in [5, 5.41) is 8.38. The van der Waals surface area contributed by atoms with E-state index in [4.69, 9.17) is 47.0 Å². The van der Waals surface area contributed by atoms with Gasteiger partial charge >= 0.3 is 5.97 Å². The van der Waals surface area contributed by atoms with Crippen molar-refractivity contribution in [3.63, 3.8) is 0 Å². The van der Waals surface area contributed by atoms with E-state index in [9.17, 15) is 9.59 Å². The SMILES string of the molecule is COC(=O)c1ccc(NC(=S)N[C@@H](NC(=O)c2cccc(I)c2)C(Cl)(Cl)Cl)cc1. The van der Waals surface area contributed by atoms with Gasteiger partial charge in [-0.05, 0) is 77.3 Å². The highest BCUT2D eigenvalue weighted by Gasteiger charge is 2.35. The Morgan fingerprint density at radius 3 is 2.28 bits per heavy atom. The molecule has 0 bridgehead atoms. The number of thiocarbonyl (C=S) groups is 1. The van der Waals surface area contributed by atoms with Crippen LogP contribution in [-0.2, 0) is 4.74 Å². The molecule has 0 aliphatic rings. The van der Waals surface area contributed by atoms with Crippen molar-refractivity contribution in [3.05, 3.63) is 63.2 Å². The number of amides is 1. The van der Waals surface area contributed by atoms with Gasteiger partial charge in [-0.1, -0.05) is 40.9 Å². The van der Waals surface area contributed by atoms with Crippen LogP contribution in [0.2, 0.25) is 0 Å². The number of halogens is 4. The number of carbonyl (C=O) groups excluding carboxylic acids is 2. The molecule has 6 nitrogen and oxygen atoms in total. The maximum Gasteiger partial charge on any atom is 0.337 e. The Balaban J connectivity index is 2.05. The zero-order valence-electron chi connectivity index (χ0n) is 14.8. The molecular weight excluding hydrogens is 572 g/mol. The fourth-order valence-corrected chi connectivity index (χ4v) is 3.26. The van der Waals surface area contributed by atoms with Crippen molar-refractivity contribution < 1.29 is 14.3 Å². The first-order chi connectivity index (χ1) is 13.6. The number of hydrogen-bond acceptors (Lipinski definition) is 4. The molecule has 0 aromatic heterocycles. The largest absolute Gasteiger partial charge is 0.465 e. The number of nitrogens with one attached hydrogen (secondary N) is 3. The van der Waals surface area contributed by atoms with Crippen molar-refractivity contribution in [2.75, 3.05) is 12.4 Å². The Bertz CT molecular complexity index is 907. The van der Waals surface area contributed by atoms with Gasteiger partial charge in [0.2, 0.25) is 3.79 Å². The lowest BCUT2D eigenvalue weighted by atomic mass is 10.2. The van der Waals surface area contributed by atoms with Gasteiger partial charge in [0.1, 0.15) is 6.17 Å². The fourth-order valence-electron chi connectivity index (χ4n) is 2.15. The summed E-state index contributed by atoms with van der Waals surface area (Å²) >= 11 is 25.3. The summed E-state index contributed by atoms with van der Waals surface area (Å²) in [6, 6.07) is 13.4. The van der Waals surface area contributed by atoms with Crippen molar-refractivity contribution >= 4 is 92.3 Å². The summed E-state index contributed by atoms with van der Waals surface area (Å²) < 4.78 is 3.66. The molecule has 29 heavy (non-hydrogen) atoms. The second-order valence-corrected chi connectivity index (χ2v) is 9.65. The highest BCUT2D eigenvalue weighted by atomic mass is 127. The van der Waals surface area contributed by atoms with E-state index in [-0.39, 0.29) is 5.11 Å². The van der Waals surface area contributed by atoms with Crippen LogP contribution in [0.5, 0.6) is 0 Å². The number of carbonyl (C=O) groups is 2. The van der Waals surface area contributed by atoms with E-state index in [2.05, 4.69) is 43.3 Å².